The minimum atomic E-state index is -0.918. The number of nitrogens with zero attached hydrogens (tertiary/aromatic N) is 2. The Labute approximate surface area is 126 Å². The topological polar surface area (TPSA) is 75.1 Å². The van der Waals surface area contributed by atoms with Crippen molar-refractivity contribution in [2.24, 2.45) is 5.41 Å². The number of carbonyl (C=O) groups is 1. The van der Waals surface area contributed by atoms with Crippen LogP contribution in [0, 0.1) is 5.41 Å². The zero-order valence-corrected chi connectivity index (χ0v) is 13.2. The molecular weight excluding hydrogens is 266 g/mol. The average Bonchev–Trinajstić information content (AvgIpc) is 2.45. The smallest absolute Gasteiger partial charge is 0.339 e. The highest BCUT2D eigenvalue weighted by Crippen LogP contribution is 2.43. The summed E-state index contributed by atoms with van der Waals surface area (Å²) in [7, 11) is 0. The van der Waals surface area contributed by atoms with E-state index >= 15 is 0 Å². The van der Waals surface area contributed by atoms with Crippen LogP contribution in [-0.4, -0.2) is 27.8 Å². The summed E-state index contributed by atoms with van der Waals surface area (Å²) in [6.45, 7) is 6.92. The number of carboxylic acids is 1. The molecule has 0 unspecified atom stereocenters. The molecule has 5 nitrogen and oxygen atoms in total. The minimum absolute atomic E-state index is 0.301. The summed E-state index contributed by atoms with van der Waals surface area (Å²) in [4.78, 5) is 11.6. The van der Waals surface area contributed by atoms with Crippen LogP contribution in [0.1, 0.15) is 68.1 Å². The second kappa shape index (κ2) is 6.41. The first-order valence-electron chi connectivity index (χ1n) is 7.92. The molecule has 0 saturated heterocycles. The van der Waals surface area contributed by atoms with Crippen LogP contribution < -0.4 is 5.32 Å². The third kappa shape index (κ3) is 3.01. The molecule has 1 aliphatic carbocycles. The molecular formula is C16H25N3O2. The Bertz CT molecular complexity index is 519. The second-order valence-corrected chi connectivity index (χ2v) is 5.92. The van der Waals surface area contributed by atoms with Crippen molar-refractivity contribution in [3.8, 4) is 0 Å². The predicted molar refractivity (Wildman–Crippen MR) is 82.8 cm³/mol. The number of aromatic carboxylic acids is 1. The van der Waals surface area contributed by atoms with Gasteiger partial charge in [-0.1, -0.05) is 27.2 Å². The summed E-state index contributed by atoms with van der Waals surface area (Å²) in [5, 5.41) is 21.1. The molecule has 0 aromatic carbocycles. The van der Waals surface area contributed by atoms with Gasteiger partial charge in [0.25, 0.3) is 0 Å². The van der Waals surface area contributed by atoms with Gasteiger partial charge in [-0.15, -0.1) is 5.10 Å². The zero-order chi connectivity index (χ0) is 15.5. The van der Waals surface area contributed by atoms with Crippen LogP contribution in [0.4, 0.5) is 5.82 Å². The van der Waals surface area contributed by atoms with E-state index in [1.54, 1.807) is 0 Å². The summed E-state index contributed by atoms with van der Waals surface area (Å²) < 4.78 is 0. The molecule has 1 aliphatic rings. The maximum Gasteiger partial charge on any atom is 0.339 e. The molecule has 1 saturated carbocycles. The largest absolute Gasteiger partial charge is 0.478 e. The van der Waals surface area contributed by atoms with Crippen molar-refractivity contribution < 1.29 is 9.90 Å². The van der Waals surface area contributed by atoms with Crippen LogP contribution in [0.3, 0.4) is 0 Å². The van der Waals surface area contributed by atoms with E-state index in [0.717, 1.165) is 24.2 Å². The Balaban J connectivity index is 2.28. The van der Waals surface area contributed by atoms with Crippen LogP contribution >= 0.6 is 0 Å². The van der Waals surface area contributed by atoms with Crippen LogP contribution in [0.25, 0.3) is 0 Å². The molecule has 116 valence electrons. The van der Waals surface area contributed by atoms with Crippen LogP contribution in [-0.2, 0) is 12.8 Å². The van der Waals surface area contributed by atoms with Gasteiger partial charge in [0, 0.05) is 6.54 Å². The van der Waals surface area contributed by atoms with Crippen molar-refractivity contribution in [3.63, 3.8) is 0 Å². The normalized spacial score (nSPS) is 16.3. The molecule has 0 atom stereocenters. The lowest BCUT2D eigenvalue weighted by atomic mass is 9.67. The number of hydrogen-bond acceptors (Lipinski definition) is 4. The van der Waals surface area contributed by atoms with Crippen molar-refractivity contribution in [2.45, 2.75) is 59.3 Å². The van der Waals surface area contributed by atoms with E-state index in [9.17, 15) is 9.90 Å². The van der Waals surface area contributed by atoms with E-state index in [4.69, 9.17) is 0 Å². The van der Waals surface area contributed by atoms with Gasteiger partial charge in [-0.25, -0.2) is 4.79 Å². The van der Waals surface area contributed by atoms with Gasteiger partial charge in [0.05, 0.1) is 5.69 Å². The molecule has 0 spiro atoms. The lowest BCUT2D eigenvalue weighted by molar-refractivity contribution is 0.0695. The molecule has 1 aromatic rings. The summed E-state index contributed by atoms with van der Waals surface area (Å²) in [6, 6.07) is 0. The molecule has 0 radical (unpaired) electrons. The number of anilines is 1. The Hall–Kier alpha value is -1.65. The number of rotatable bonds is 7. The highest BCUT2D eigenvalue weighted by atomic mass is 16.4. The van der Waals surface area contributed by atoms with Gasteiger partial charge in [0.15, 0.2) is 5.82 Å². The molecule has 2 rings (SSSR count). The number of hydrogen-bond donors (Lipinski definition) is 2. The first-order chi connectivity index (χ1) is 10.1. The van der Waals surface area contributed by atoms with Crippen molar-refractivity contribution >= 4 is 11.8 Å². The maximum atomic E-state index is 11.6. The Morgan fingerprint density at radius 2 is 1.95 bits per heavy atom. The highest BCUT2D eigenvalue weighted by molar-refractivity contribution is 5.95. The van der Waals surface area contributed by atoms with Crippen molar-refractivity contribution in [2.75, 3.05) is 11.9 Å². The summed E-state index contributed by atoms with van der Waals surface area (Å²) in [5.41, 5.74) is 2.21. The first kappa shape index (κ1) is 15.7. The third-order valence-corrected chi connectivity index (χ3v) is 4.85. The molecule has 5 heteroatoms. The van der Waals surface area contributed by atoms with Gasteiger partial charge in [0.2, 0.25) is 0 Å². The monoisotopic (exact) mass is 291 g/mol. The quantitative estimate of drug-likeness (QED) is 0.806. The van der Waals surface area contributed by atoms with Gasteiger partial charge < -0.3 is 10.4 Å². The molecule has 2 N–H and O–H groups in total. The standard InChI is InChI=1S/C16H25N3O2/c1-4-11-12(5-2)18-19-14(13(11)15(20)21)17-10-16(6-3)8-7-9-16/h4-10H2,1-3H3,(H,17,19)(H,20,21). The Morgan fingerprint density at radius 3 is 2.38 bits per heavy atom. The van der Waals surface area contributed by atoms with E-state index in [0.29, 0.717) is 29.6 Å². The minimum Gasteiger partial charge on any atom is -0.478 e. The van der Waals surface area contributed by atoms with Crippen LogP contribution in [0.15, 0.2) is 0 Å². The van der Waals surface area contributed by atoms with Gasteiger partial charge >= 0.3 is 5.97 Å². The molecule has 0 amide bonds. The lowest BCUT2D eigenvalue weighted by Gasteiger charge is -2.41. The average molecular weight is 291 g/mol. The maximum absolute atomic E-state index is 11.6. The Kier molecular flexibility index (Phi) is 4.80. The number of aromatic nitrogens is 2. The fourth-order valence-electron chi connectivity index (χ4n) is 3.13. The van der Waals surface area contributed by atoms with Gasteiger partial charge in [0.1, 0.15) is 5.56 Å². The number of aryl methyl sites for hydroxylation is 1. The van der Waals surface area contributed by atoms with Crippen LogP contribution in [0.2, 0.25) is 0 Å². The van der Waals surface area contributed by atoms with E-state index in [1.165, 1.54) is 19.3 Å². The highest BCUT2D eigenvalue weighted by Gasteiger charge is 2.35. The van der Waals surface area contributed by atoms with Gasteiger partial charge in [-0.3, -0.25) is 0 Å². The van der Waals surface area contributed by atoms with E-state index in [-0.39, 0.29) is 0 Å². The summed E-state index contributed by atoms with van der Waals surface area (Å²) in [6.07, 6.45) is 6.16. The first-order valence-corrected chi connectivity index (χ1v) is 7.92. The molecule has 1 heterocycles. The van der Waals surface area contributed by atoms with E-state index in [2.05, 4.69) is 22.4 Å². The van der Waals surface area contributed by atoms with Crippen molar-refractivity contribution in [1.82, 2.24) is 10.2 Å². The molecule has 1 aromatic heterocycles. The molecule has 21 heavy (non-hydrogen) atoms. The lowest BCUT2D eigenvalue weighted by Crippen LogP contribution is -2.36. The van der Waals surface area contributed by atoms with E-state index in [1.807, 2.05) is 13.8 Å². The fraction of sp³-hybridized carbons (Fsp3) is 0.688. The zero-order valence-electron chi connectivity index (χ0n) is 13.2. The number of nitrogens with one attached hydrogen (secondary N) is 1. The van der Waals surface area contributed by atoms with Crippen molar-refractivity contribution in [1.29, 1.82) is 0 Å². The molecule has 0 aliphatic heterocycles. The Morgan fingerprint density at radius 1 is 1.24 bits per heavy atom. The van der Waals surface area contributed by atoms with E-state index < -0.39 is 5.97 Å². The molecule has 1 fully saturated rings. The van der Waals surface area contributed by atoms with Gasteiger partial charge in [-0.2, -0.15) is 5.10 Å². The van der Waals surface area contributed by atoms with Crippen molar-refractivity contribution in [3.05, 3.63) is 16.8 Å². The summed E-state index contributed by atoms with van der Waals surface area (Å²) in [5.74, 6) is -0.491. The number of carboxylic acid groups (broad SMARTS) is 1. The molecule has 0 bridgehead atoms. The SMILES string of the molecule is CCc1nnc(NCC2(CC)CCC2)c(C(=O)O)c1CC. The predicted octanol–water partition coefficient (Wildman–Crippen LogP) is 3.29. The summed E-state index contributed by atoms with van der Waals surface area (Å²) >= 11 is 0. The second-order valence-electron chi connectivity index (χ2n) is 5.92. The third-order valence-electron chi connectivity index (χ3n) is 4.85. The van der Waals surface area contributed by atoms with Crippen LogP contribution in [0.5, 0.6) is 0 Å². The fourth-order valence-corrected chi connectivity index (χ4v) is 3.13. The van der Waals surface area contributed by atoms with Gasteiger partial charge in [-0.05, 0) is 43.1 Å².